The minimum Gasteiger partial charge on any atom is -0.494 e. The van der Waals surface area contributed by atoms with E-state index in [1.165, 1.54) is 5.69 Å². The van der Waals surface area contributed by atoms with Gasteiger partial charge in [-0.1, -0.05) is 12.1 Å². The van der Waals surface area contributed by atoms with Crippen molar-refractivity contribution in [3.05, 3.63) is 46.4 Å². The van der Waals surface area contributed by atoms with Crippen molar-refractivity contribution in [3.8, 4) is 5.75 Å². The second-order valence-corrected chi connectivity index (χ2v) is 7.38. The predicted molar refractivity (Wildman–Crippen MR) is 103 cm³/mol. The molecular weight excluding hydrogens is 332 g/mol. The first-order chi connectivity index (χ1) is 12.2. The van der Waals surface area contributed by atoms with Gasteiger partial charge in [0.05, 0.1) is 17.8 Å². The molecule has 1 saturated heterocycles. The number of aryl methyl sites for hydroxylation is 1. The molecule has 1 fully saturated rings. The molecule has 0 amide bonds. The number of hydrogen-bond acceptors (Lipinski definition) is 6. The Hall–Kier alpha value is -2.18. The van der Waals surface area contributed by atoms with Gasteiger partial charge in [0, 0.05) is 43.5 Å². The van der Waals surface area contributed by atoms with Crippen LogP contribution in [0.1, 0.15) is 10.7 Å². The largest absolute Gasteiger partial charge is 0.494 e. The Kier molecular flexibility index (Phi) is 4.55. The van der Waals surface area contributed by atoms with E-state index in [-0.39, 0.29) is 0 Å². The normalized spacial score (nSPS) is 15.7. The average Bonchev–Trinajstić information content (AvgIpc) is 3.06. The number of methoxy groups -OCH3 is 1. The minimum atomic E-state index is 0.830. The van der Waals surface area contributed by atoms with Crippen LogP contribution in [-0.4, -0.2) is 48.2 Å². The molecule has 0 radical (unpaired) electrons. The smallest absolute Gasteiger partial charge is 0.145 e. The fourth-order valence-electron chi connectivity index (χ4n) is 3.30. The lowest BCUT2D eigenvalue weighted by atomic mass is 10.2. The van der Waals surface area contributed by atoms with Gasteiger partial charge < -0.3 is 9.64 Å². The lowest BCUT2D eigenvalue weighted by Crippen LogP contribution is -2.46. The molecule has 4 rings (SSSR count). The molecule has 0 unspecified atom stereocenters. The Labute approximate surface area is 151 Å². The molecule has 0 bridgehead atoms. The number of thiazole rings is 1. The van der Waals surface area contributed by atoms with E-state index in [1.54, 1.807) is 18.4 Å². The van der Waals surface area contributed by atoms with Crippen LogP contribution in [-0.2, 0) is 6.54 Å². The van der Waals surface area contributed by atoms with Crippen LogP contribution in [0.5, 0.6) is 5.75 Å². The molecule has 25 heavy (non-hydrogen) atoms. The highest BCUT2D eigenvalue weighted by Crippen LogP contribution is 2.26. The van der Waals surface area contributed by atoms with E-state index in [4.69, 9.17) is 9.72 Å². The number of nitrogens with zero attached hydrogens (tertiary/aromatic N) is 4. The topological polar surface area (TPSA) is 41.5 Å². The number of anilines is 1. The molecule has 3 aromatic rings. The molecule has 0 saturated carbocycles. The van der Waals surface area contributed by atoms with Crippen LogP contribution in [0.25, 0.3) is 10.9 Å². The van der Waals surface area contributed by atoms with Crippen LogP contribution in [0, 0.1) is 6.92 Å². The fourth-order valence-corrected chi connectivity index (χ4v) is 3.90. The van der Waals surface area contributed by atoms with Gasteiger partial charge in [0.2, 0.25) is 0 Å². The number of benzene rings is 1. The number of ether oxygens (including phenoxy) is 1. The van der Waals surface area contributed by atoms with E-state index in [0.29, 0.717) is 0 Å². The highest BCUT2D eigenvalue weighted by Gasteiger charge is 2.19. The second-order valence-electron chi connectivity index (χ2n) is 6.32. The summed E-state index contributed by atoms with van der Waals surface area (Å²) in [5.74, 6) is 1.86. The van der Waals surface area contributed by atoms with Crippen LogP contribution in [0.4, 0.5) is 5.82 Å². The highest BCUT2D eigenvalue weighted by atomic mass is 32.1. The summed E-state index contributed by atoms with van der Waals surface area (Å²) in [4.78, 5) is 14.2. The van der Waals surface area contributed by atoms with Gasteiger partial charge in [-0.15, -0.1) is 11.3 Å². The third-order valence-electron chi connectivity index (χ3n) is 4.64. The maximum absolute atomic E-state index is 5.46. The zero-order valence-electron chi connectivity index (χ0n) is 14.6. The number of rotatable bonds is 4. The Balaban J connectivity index is 1.46. The molecule has 1 aliphatic rings. The third kappa shape index (κ3) is 3.45. The van der Waals surface area contributed by atoms with Gasteiger partial charge in [0.25, 0.3) is 0 Å². The van der Waals surface area contributed by atoms with Crippen molar-refractivity contribution in [3.63, 3.8) is 0 Å². The summed E-state index contributed by atoms with van der Waals surface area (Å²) in [5.41, 5.74) is 2.12. The molecule has 0 N–H and O–H groups in total. The van der Waals surface area contributed by atoms with Crippen LogP contribution in [0.3, 0.4) is 0 Å². The van der Waals surface area contributed by atoms with E-state index < -0.39 is 0 Å². The number of fused-ring (bicyclic) bond motifs is 1. The van der Waals surface area contributed by atoms with Gasteiger partial charge >= 0.3 is 0 Å². The maximum atomic E-state index is 5.46. The van der Waals surface area contributed by atoms with Crippen LogP contribution in [0.15, 0.2) is 35.7 Å². The summed E-state index contributed by atoms with van der Waals surface area (Å²) in [5, 5.41) is 4.42. The molecule has 0 spiro atoms. The van der Waals surface area contributed by atoms with E-state index in [2.05, 4.69) is 45.3 Å². The van der Waals surface area contributed by atoms with Crippen molar-refractivity contribution >= 4 is 28.1 Å². The second kappa shape index (κ2) is 6.98. The van der Waals surface area contributed by atoms with Crippen LogP contribution in [0.2, 0.25) is 0 Å². The molecule has 0 aliphatic carbocycles. The summed E-state index contributed by atoms with van der Waals surface area (Å²) in [7, 11) is 1.70. The van der Waals surface area contributed by atoms with Crippen molar-refractivity contribution in [1.29, 1.82) is 0 Å². The van der Waals surface area contributed by atoms with Crippen LogP contribution >= 0.6 is 11.3 Å². The van der Waals surface area contributed by atoms with E-state index in [9.17, 15) is 0 Å². The summed E-state index contributed by atoms with van der Waals surface area (Å²) < 4.78 is 5.46. The predicted octanol–water partition coefficient (Wildman–Crippen LogP) is 3.33. The van der Waals surface area contributed by atoms with E-state index >= 15 is 0 Å². The Morgan fingerprint density at radius 3 is 2.64 bits per heavy atom. The molecule has 3 heterocycles. The molecule has 5 nitrogen and oxygen atoms in total. The molecular formula is C19H22N4OS. The zero-order valence-corrected chi connectivity index (χ0v) is 15.4. The van der Waals surface area contributed by atoms with Gasteiger partial charge in [0.1, 0.15) is 17.1 Å². The zero-order chi connectivity index (χ0) is 17.2. The summed E-state index contributed by atoms with van der Waals surface area (Å²) in [6, 6.07) is 10.3. The van der Waals surface area contributed by atoms with Crippen molar-refractivity contribution < 1.29 is 4.74 Å². The van der Waals surface area contributed by atoms with Crippen LogP contribution < -0.4 is 9.64 Å². The fraction of sp³-hybridized carbons (Fsp3) is 0.368. The van der Waals surface area contributed by atoms with Gasteiger partial charge in [-0.25, -0.2) is 9.97 Å². The number of para-hydroxylation sites is 1. The molecule has 1 aromatic carbocycles. The quantitative estimate of drug-likeness (QED) is 0.719. The van der Waals surface area contributed by atoms with Gasteiger partial charge in [-0.05, 0) is 25.1 Å². The first kappa shape index (κ1) is 16.3. The Morgan fingerprint density at radius 1 is 1.08 bits per heavy atom. The van der Waals surface area contributed by atoms with Crippen molar-refractivity contribution in [2.45, 2.75) is 13.5 Å². The van der Waals surface area contributed by atoms with Gasteiger partial charge in [-0.3, -0.25) is 4.90 Å². The molecule has 2 aromatic heterocycles. The minimum absolute atomic E-state index is 0.830. The standard InChI is InChI=1S/C19H22N4OS/c1-14-20-16(13-25-14)12-22-8-10-23(11-9-22)18-7-6-15-4-3-5-17(24-2)19(15)21-18/h3-7,13H,8-12H2,1-2H3. The monoisotopic (exact) mass is 354 g/mol. The van der Waals surface area contributed by atoms with E-state index in [1.807, 2.05) is 12.1 Å². The maximum Gasteiger partial charge on any atom is 0.145 e. The van der Waals surface area contributed by atoms with Crippen molar-refractivity contribution in [1.82, 2.24) is 14.9 Å². The summed E-state index contributed by atoms with van der Waals surface area (Å²) >= 11 is 1.72. The van der Waals surface area contributed by atoms with Crippen molar-refractivity contribution in [2.75, 3.05) is 38.2 Å². The number of pyridine rings is 1. The summed E-state index contributed by atoms with van der Waals surface area (Å²) in [6.45, 7) is 7.03. The molecule has 6 heteroatoms. The number of piperazine rings is 1. The first-order valence-electron chi connectivity index (χ1n) is 8.55. The third-order valence-corrected chi connectivity index (χ3v) is 5.46. The SMILES string of the molecule is COc1cccc2ccc(N3CCN(Cc4csc(C)n4)CC3)nc12. The first-order valence-corrected chi connectivity index (χ1v) is 9.43. The molecule has 0 atom stereocenters. The molecule has 1 aliphatic heterocycles. The number of hydrogen-bond donors (Lipinski definition) is 0. The van der Waals surface area contributed by atoms with E-state index in [0.717, 1.165) is 60.2 Å². The lowest BCUT2D eigenvalue weighted by Gasteiger charge is -2.35. The summed E-state index contributed by atoms with van der Waals surface area (Å²) in [6.07, 6.45) is 0. The molecule has 130 valence electrons. The van der Waals surface area contributed by atoms with Gasteiger partial charge in [0.15, 0.2) is 0 Å². The average molecular weight is 354 g/mol. The highest BCUT2D eigenvalue weighted by molar-refractivity contribution is 7.09. The number of aromatic nitrogens is 2. The van der Waals surface area contributed by atoms with Crippen molar-refractivity contribution in [2.24, 2.45) is 0 Å². The lowest BCUT2D eigenvalue weighted by molar-refractivity contribution is 0.247. The Bertz CT molecular complexity index is 871. The Morgan fingerprint density at radius 2 is 1.92 bits per heavy atom. The van der Waals surface area contributed by atoms with Gasteiger partial charge in [-0.2, -0.15) is 0 Å².